The van der Waals surface area contributed by atoms with Gasteiger partial charge in [-0.15, -0.1) is 0 Å². The van der Waals surface area contributed by atoms with Crippen molar-refractivity contribution in [1.82, 2.24) is 4.90 Å². The van der Waals surface area contributed by atoms with Crippen LogP contribution in [0.25, 0.3) is 0 Å². The molecule has 1 fully saturated rings. The van der Waals surface area contributed by atoms with Crippen LogP contribution in [-0.4, -0.2) is 30.3 Å². The number of nitrogen functional groups attached to an aromatic ring is 1. The standard InChI is InChI=1S/C16H22N2O/c17-15-5-4-12-9-13-3-1-6-18(7-2-8-19)16(13)11-14(12)10-15/h4-5,8,10,13,16H,1-3,6-7,9,11,17H2/t13-,16-/m0/s1. The third-order valence-corrected chi connectivity index (χ3v) is 4.71. The number of piperidine rings is 1. The van der Waals surface area contributed by atoms with E-state index in [9.17, 15) is 4.79 Å². The molecule has 1 heterocycles. The minimum atomic E-state index is 0.614. The van der Waals surface area contributed by atoms with Crippen molar-refractivity contribution in [2.75, 3.05) is 18.8 Å². The Balaban J connectivity index is 1.81. The van der Waals surface area contributed by atoms with E-state index in [4.69, 9.17) is 5.73 Å². The average molecular weight is 258 g/mol. The van der Waals surface area contributed by atoms with Gasteiger partial charge < -0.3 is 10.5 Å². The molecule has 19 heavy (non-hydrogen) atoms. The number of carbonyl (C=O) groups is 1. The first-order chi connectivity index (χ1) is 9.28. The zero-order chi connectivity index (χ0) is 13.2. The second kappa shape index (κ2) is 5.33. The zero-order valence-corrected chi connectivity index (χ0v) is 11.3. The first kappa shape index (κ1) is 12.7. The third-order valence-electron chi connectivity index (χ3n) is 4.71. The Bertz CT molecular complexity index is 472. The largest absolute Gasteiger partial charge is 0.399 e. The number of aldehydes is 1. The van der Waals surface area contributed by atoms with Gasteiger partial charge in [0.05, 0.1) is 0 Å². The highest BCUT2D eigenvalue weighted by molar-refractivity contribution is 5.49. The average Bonchev–Trinajstić information content (AvgIpc) is 2.43. The topological polar surface area (TPSA) is 46.3 Å². The van der Waals surface area contributed by atoms with E-state index in [1.807, 2.05) is 6.07 Å². The molecule has 3 heteroatoms. The smallest absolute Gasteiger partial charge is 0.121 e. The molecule has 1 aliphatic carbocycles. The minimum absolute atomic E-state index is 0.614. The van der Waals surface area contributed by atoms with E-state index in [2.05, 4.69) is 17.0 Å². The maximum Gasteiger partial charge on any atom is 0.121 e. The lowest BCUT2D eigenvalue weighted by molar-refractivity contribution is -0.108. The highest BCUT2D eigenvalue weighted by atomic mass is 16.1. The molecule has 2 atom stereocenters. The van der Waals surface area contributed by atoms with Crippen LogP contribution in [0.1, 0.15) is 30.4 Å². The summed E-state index contributed by atoms with van der Waals surface area (Å²) in [5, 5.41) is 0. The zero-order valence-electron chi connectivity index (χ0n) is 11.3. The number of nitrogens with zero attached hydrogens (tertiary/aromatic N) is 1. The summed E-state index contributed by atoms with van der Waals surface area (Å²) < 4.78 is 0. The Morgan fingerprint density at radius 1 is 1.32 bits per heavy atom. The second-order valence-corrected chi connectivity index (χ2v) is 5.90. The fourth-order valence-electron chi connectivity index (χ4n) is 3.79. The molecule has 3 nitrogen and oxygen atoms in total. The summed E-state index contributed by atoms with van der Waals surface area (Å²) in [7, 11) is 0. The molecule has 0 amide bonds. The summed E-state index contributed by atoms with van der Waals surface area (Å²) >= 11 is 0. The lowest BCUT2D eigenvalue weighted by atomic mass is 9.75. The first-order valence-corrected chi connectivity index (χ1v) is 7.33. The minimum Gasteiger partial charge on any atom is -0.399 e. The molecule has 1 aliphatic heterocycles. The summed E-state index contributed by atoms with van der Waals surface area (Å²) in [5.74, 6) is 0.761. The van der Waals surface area contributed by atoms with Crippen LogP contribution in [0.5, 0.6) is 0 Å². The molecule has 1 aromatic rings. The lowest BCUT2D eigenvalue weighted by Crippen LogP contribution is -2.49. The molecule has 0 spiro atoms. The van der Waals surface area contributed by atoms with E-state index in [1.54, 1.807) is 0 Å². The maximum atomic E-state index is 10.6. The first-order valence-electron chi connectivity index (χ1n) is 7.33. The van der Waals surface area contributed by atoms with Crippen LogP contribution < -0.4 is 5.73 Å². The molecule has 0 radical (unpaired) electrons. The molecule has 102 valence electrons. The third kappa shape index (κ3) is 2.52. The van der Waals surface area contributed by atoms with E-state index in [0.29, 0.717) is 12.5 Å². The number of hydrogen-bond donors (Lipinski definition) is 1. The normalized spacial score (nSPS) is 26.5. The van der Waals surface area contributed by atoms with Gasteiger partial charge in [0.15, 0.2) is 0 Å². The van der Waals surface area contributed by atoms with E-state index >= 15 is 0 Å². The summed E-state index contributed by atoms with van der Waals surface area (Å²) in [6, 6.07) is 6.97. The molecule has 0 unspecified atom stereocenters. The number of hydrogen-bond acceptors (Lipinski definition) is 3. The molecule has 2 N–H and O–H groups in total. The molecule has 2 aliphatic rings. The highest BCUT2D eigenvalue weighted by Crippen LogP contribution is 2.35. The molecule has 0 bridgehead atoms. The van der Waals surface area contributed by atoms with Gasteiger partial charge in [-0.25, -0.2) is 0 Å². The number of nitrogens with two attached hydrogens (primary N) is 1. The van der Waals surface area contributed by atoms with Crippen molar-refractivity contribution >= 4 is 12.0 Å². The second-order valence-electron chi connectivity index (χ2n) is 5.90. The fourth-order valence-corrected chi connectivity index (χ4v) is 3.79. The van der Waals surface area contributed by atoms with Gasteiger partial charge >= 0.3 is 0 Å². The Kier molecular flexibility index (Phi) is 3.56. The number of rotatable bonds is 3. The van der Waals surface area contributed by atoms with Crippen molar-refractivity contribution in [1.29, 1.82) is 0 Å². The number of carbonyl (C=O) groups excluding carboxylic acids is 1. The monoisotopic (exact) mass is 258 g/mol. The number of anilines is 1. The van der Waals surface area contributed by atoms with Crippen LogP contribution in [0.3, 0.4) is 0 Å². The van der Waals surface area contributed by atoms with Crippen molar-refractivity contribution in [3.05, 3.63) is 29.3 Å². The van der Waals surface area contributed by atoms with Gasteiger partial charge in [0, 0.05) is 24.7 Å². The van der Waals surface area contributed by atoms with Crippen LogP contribution in [-0.2, 0) is 17.6 Å². The molecular formula is C16H22N2O. The predicted molar refractivity (Wildman–Crippen MR) is 77.0 cm³/mol. The predicted octanol–water partition coefficient (Wildman–Crippen LogP) is 2.04. The van der Waals surface area contributed by atoms with Crippen molar-refractivity contribution in [2.45, 2.75) is 38.1 Å². The Morgan fingerprint density at radius 2 is 2.21 bits per heavy atom. The molecular weight excluding hydrogens is 236 g/mol. The van der Waals surface area contributed by atoms with Gasteiger partial charge in [-0.05, 0) is 61.4 Å². The Labute approximate surface area is 114 Å². The van der Waals surface area contributed by atoms with Gasteiger partial charge in [-0.1, -0.05) is 6.07 Å². The van der Waals surface area contributed by atoms with Crippen LogP contribution in [0, 0.1) is 5.92 Å². The molecule has 0 aromatic heterocycles. The van der Waals surface area contributed by atoms with Crippen LogP contribution >= 0.6 is 0 Å². The van der Waals surface area contributed by atoms with Gasteiger partial charge in [-0.3, -0.25) is 4.90 Å². The Morgan fingerprint density at radius 3 is 3.05 bits per heavy atom. The van der Waals surface area contributed by atoms with Crippen molar-refractivity contribution in [3.8, 4) is 0 Å². The van der Waals surface area contributed by atoms with Gasteiger partial charge in [0.25, 0.3) is 0 Å². The summed E-state index contributed by atoms with van der Waals surface area (Å²) in [4.78, 5) is 13.1. The molecule has 0 saturated carbocycles. The SMILES string of the molecule is Nc1ccc2c(c1)C[C@H]1[C@@H](CCCN1CCC=O)C2. The van der Waals surface area contributed by atoms with E-state index in [0.717, 1.165) is 37.4 Å². The molecule has 1 saturated heterocycles. The van der Waals surface area contributed by atoms with Crippen molar-refractivity contribution in [3.63, 3.8) is 0 Å². The lowest BCUT2D eigenvalue weighted by Gasteiger charge is -2.44. The summed E-state index contributed by atoms with van der Waals surface area (Å²) in [6.45, 7) is 2.06. The van der Waals surface area contributed by atoms with Crippen LogP contribution in [0.4, 0.5) is 5.69 Å². The van der Waals surface area contributed by atoms with Gasteiger partial charge in [0.1, 0.15) is 6.29 Å². The van der Waals surface area contributed by atoms with Crippen molar-refractivity contribution < 1.29 is 4.79 Å². The highest BCUT2D eigenvalue weighted by Gasteiger charge is 2.34. The van der Waals surface area contributed by atoms with Crippen molar-refractivity contribution in [2.24, 2.45) is 5.92 Å². The fraction of sp³-hybridized carbons (Fsp3) is 0.562. The van der Waals surface area contributed by atoms with E-state index < -0.39 is 0 Å². The number of benzene rings is 1. The Hall–Kier alpha value is -1.35. The molecule has 1 aromatic carbocycles. The quantitative estimate of drug-likeness (QED) is 0.666. The summed E-state index contributed by atoms with van der Waals surface area (Å²) in [5.41, 5.74) is 9.67. The van der Waals surface area contributed by atoms with Gasteiger partial charge in [-0.2, -0.15) is 0 Å². The molecule has 3 rings (SSSR count). The number of likely N-dealkylation sites (tertiary alicyclic amines) is 1. The van der Waals surface area contributed by atoms with Gasteiger partial charge in [0.2, 0.25) is 0 Å². The number of fused-ring (bicyclic) bond motifs is 2. The summed E-state index contributed by atoms with van der Waals surface area (Å²) in [6.07, 6.45) is 6.57. The van der Waals surface area contributed by atoms with E-state index in [-0.39, 0.29) is 0 Å². The maximum absolute atomic E-state index is 10.6. The van der Waals surface area contributed by atoms with Crippen LogP contribution in [0.2, 0.25) is 0 Å². The van der Waals surface area contributed by atoms with Crippen LogP contribution in [0.15, 0.2) is 18.2 Å². The van der Waals surface area contributed by atoms with E-state index in [1.165, 1.54) is 30.4 Å².